The average molecular weight is 473 g/mol. The molecule has 1 saturated heterocycles. The number of nitrogens with zero attached hydrogens (tertiary/aromatic N) is 1. The van der Waals surface area contributed by atoms with Crippen molar-refractivity contribution in [1.82, 2.24) is 9.88 Å². The van der Waals surface area contributed by atoms with Crippen molar-refractivity contribution in [2.45, 2.75) is 44.7 Å². The lowest BCUT2D eigenvalue weighted by Gasteiger charge is -2.51. The molecule has 9 heteroatoms. The number of H-pyrrole nitrogens is 1. The molecular formula is C23H28ClF3N2O3. The van der Waals surface area contributed by atoms with Crippen LogP contribution in [0.15, 0.2) is 24.3 Å². The molecule has 2 aliphatic rings. The van der Waals surface area contributed by atoms with Crippen LogP contribution < -0.4 is 0 Å². The third kappa shape index (κ3) is 4.10. The van der Waals surface area contributed by atoms with Gasteiger partial charge in [-0.2, -0.15) is 13.2 Å². The molecular weight excluding hydrogens is 445 g/mol. The van der Waals surface area contributed by atoms with Crippen LogP contribution in [0.5, 0.6) is 5.75 Å². The SMILES string of the molecule is CCOC(=O)c1[nH]c2c(c1C(F)(F)F)C[C@@H]1CN(CC)CC[C@@]1(c1cccc(O)c1)C2.Cl. The first-order valence-corrected chi connectivity index (χ1v) is 10.7. The second-order valence-corrected chi connectivity index (χ2v) is 8.48. The van der Waals surface area contributed by atoms with Gasteiger partial charge in [-0.1, -0.05) is 19.1 Å². The number of alkyl halides is 3. The number of hydrogen-bond acceptors (Lipinski definition) is 4. The minimum Gasteiger partial charge on any atom is -0.508 e. The number of ether oxygens (including phenoxy) is 1. The number of esters is 1. The minimum absolute atomic E-state index is 0. The Labute approximate surface area is 191 Å². The molecule has 0 unspecified atom stereocenters. The number of halogens is 4. The molecule has 0 saturated carbocycles. The topological polar surface area (TPSA) is 65.6 Å². The van der Waals surface area contributed by atoms with Gasteiger partial charge in [-0.15, -0.1) is 12.4 Å². The van der Waals surface area contributed by atoms with Crippen molar-refractivity contribution in [3.63, 3.8) is 0 Å². The number of fused-ring (bicyclic) bond motifs is 2. The highest BCUT2D eigenvalue weighted by atomic mass is 35.5. The van der Waals surface area contributed by atoms with Crippen molar-refractivity contribution in [2.75, 3.05) is 26.2 Å². The minimum atomic E-state index is -4.66. The first-order chi connectivity index (χ1) is 14.7. The number of carbonyl (C=O) groups is 1. The first-order valence-electron chi connectivity index (χ1n) is 10.7. The number of nitrogens with one attached hydrogen (secondary N) is 1. The van der Waals surface area contributed by atoms with E-state index in [1.807, 2.05) is 13.0 Å². The lowest BCUT2D eigenvalue weighted by atomic mass is 9.58. The molecule has 1 aromatic carbocycles. The molecule has 0 radical (unpaired) electrons. The van der Waals surface area contributed by atoms with E-state index in [4.69, 9.17) is 4.74 Å². The summed E-state index contributed by atoms with van der Waals surface area (Å²) in [7, 11) is 0. The molecule has 0 spiro atoms. The molecule has 1 aliphatic heterocycles. The van der Waals surface area contributed by atoms with Crippen molar-refractivity contribution >= 4 is 18.4 Å². The number of rotatable bonds is 4. The Balaban J connectivity index is 0.00000289. The highest BCUT2D eigenvalue weighted by molar-refractivity contribution is 5.90. The molecule has 2 aromatic rings. The summed E-state index contributed by atoms with van der Waals surface area (Å²) in [4.78, 5) is 17.4. The van der Waals surface area contributed by atoms with Gasteiger partial charge < -0.3 is 19.7 Å². The number of aromatic nitrogens is 1. The lowest BCUT2D eigenvalue weighted by molar-refractivity contribution is -0.138. The van der Waals surface area contributed by atoms with E-state index in [-0.39, 0.29) is 42.7 Å². The second-order valence-electron chi connectivity index (χ2n) is 8.48. The fourth-order valence-corrected chi connectivity index (χ4v) is 5.41. The number of piperidine rings is 1. The predicted octanol–water partition coefficient (Wildman–Crippen LogP) is 4.72. The Hall–Kier alpha value is -2.19. The number of phenols is 1. The van der Waals surface area contributed by atoms with Crippen LogP contribution in [0.2, 0.25) is 0 Å². The summed E-state index contributed by atoms with van der Waals surface area (Å²) >= 11 is 0. The third-order valence-corrected chi connectivity index (χ3v) is 6.90. The number of hydrogen-bond donors (Lipinski definition) is 2. The van der Waals surface area contributed by atoms with Crippen molar-refractivity contribution in [2.24, 2.45) is 5.92 Å². The normalized spacial score (nSPS) is 23.1. The second kappa shape index (κ2) is 8.98. The maximum atomic E-state index is 14.0. The van der Waals surface area contributed by atoms with Gasteiger partial charge in [-0.05, 0) is 68.5 Å². The zero-order valence-electron chi connectivity index (χ0n) is 18.1. The standard InChI is InChI=1S/C23H27F3N2O3.ClH/c1-3-28-9-8-22(14-6-5-7-16(29)10-14)12-18-17(11-15(22)13-28)19(23(24,25)26)20(27-18)21(30)31-4-2;/h5-7,10,15,27,29H,3-4,8-9,11-13H2,1-2H3;1H/t15-,22+;/m1./s1. The molecule has 5 nitrogen and oxygen atoms in total. The van der Waals surface area contributed by atoms with Crippen molar-refractivity contribution < 1.29 is 27.8 Å². The van der Waals surface area contributed by atoms with Gasteiger partial charge in [0.1, 0.15) is 11.4 Å². The van der Waals surface area contributed by atoms with E-state index in [2.05, 4.69) is 9.88 Å². The molecule has 176 valence electrons. The molecule has 2 N–H and O–H groups in total. The third-order valence-electron chi connectivity index (χ3n) is 6.90. The van der Waals surface area contributed by atoms with Crippen LogP contribution >= 0.6 is 12.4 Å². The summed E-state index contributed by atoms with van der Waals surface area (Å²) in [5.74, 6) is -0.903. The number of likely N-dealkylation sites (tertiary alicyclic amines) is 1. The van der Waals surface area contributed by atoms with Gasteiger partial charge >= 0.3 is 12.1 Å². The lowest BCUT2D eigenvalue weighted by Crippen LogP contribution is -2.53. The van der Waals surface area contributed by atoms with Crippen LogP contribution in [0, 0.1) is 5.92 Å². The van der Waals surface area contributed by atoms with Gasteiger partial charge in [-0.3, -0.25) is 0 Å². The van der Waals surface area contributed by atoms with Gasteiger partial charge in [0, 0.05) is 17.7 Å². The van der Waals surface area contributed by atoms with Crippen LogP contribution in [-0.4, -0.2) is 47.2 Å². The fourth-order valence-electron chi connectivity index (χ4n) is 5.41. The van der Waals surface area contributed by atoms with E-state index in [1.54, 1.807) is 25.1 Å². The van der Waals surface area contributed by atoms with Gasteiger partial charge in [0.2, 0.25) is 0 Å². The average Bonchev–Trinajstić information content (AvgIpc) is 3.10. The van der Waals surface area contributed by atoms with Gasteiger partial charge in [0.05, 0.1) is 12.2 Å². The molecule has 1 aliphatic carbocycles. The Bertz CT molecular complexity index is 991. The summed E-state index contributed by atoms with van der Waals surface area (Å²) in [6, 6.07) is 7.04. The highest BCUT2D eigenvalue weighted by Crippen LogP contribution is 2.51. The molecule has 1 fully saturated rings. The van der Waals surface area contributed by atoms with Crippen LogP contribution in [0.25, 0.3) is 0 Å². The highest BCUT2D eigenvalue weighted by Gasteiger charge is 2.51. The van der Waals surface area contributed by atoms with E-state index in [9.17, 15) is 23.1 Å². The van der Waals surface area contributed by atoms with Gasteiger partial charge in [-0.25, -0.2) is 4.79 Å². The molecule has 4 rings (SSSR count). The predicted molar refractivity (Wildman–Crippen MR) is 116 cm³/mol. The van der Waals surface area contributed by atoms with Crippen LogP contribution in [0.1, 0.15) is 53.1 Å². The Morgan fingerprint density at radius 2 is 2.09 bits per heavy atom. The van der Waals surface area contributed by atoms with Crippen LogP contribution in [0.3, 0.4) is 0 Å². The summed E-state index contributed by atoms with van der Waals surface area (Å²) in [5.41, 5.74) is -0.249. The van der Waals surface area contributed by atoms with E-state index in [0.717, 1.165) is 25.1 Å². The van der Waals surface area contributed by atoms with Crippen molar-refractivity contribution in [1.29, 1.82) is 0 Å². The maximum Gasteiger partial charge on any atom is 0.419 e. The number of carbonyl (C=O) groups excluding carboxylic acids is 1. The summed E-state index contributed by atoms with van der Waals surface area (Å²) < 4.78 is 47.0. The van der Waals surface area contributed by atoms with E-state index >= 15 is 0 Å². The van der Waals surface area contributed by atoms with Crippen molar-refractivity contribution in [3.8, 4) is 5.75 Å². The largest absolute Gasteiger partial charge is 0.508 e. The smallest absolute Gasteiger partial charge is 0.419 e. The summed E-state index contributed by atoms with van der Waals surface area (Å²) in [5, 5.41) is 10.1. The van der Waals surface area contributed by atoms with Gasteiger partial charge in [0.15, 0.2) is 0 Å². The molecule has 1 aromatic heterocycles. The molecule has 2 atom stereocenters. The van der Waals surface area contributed by atoms with Crippen LogP contribution in [-0.2, 0) is 29.2 Å². The van der Waals surface area contributed by atoms with E-state index in [0.29, 0.717) is 18.7 Å². The van der Waals surface area contributed by atoms with Gasteiger partial charge in [0.25, 0.3) is 0 Å². The Morgan fingerprint density at radius 1 is 1.34 bits per heavy atom. The first kappa shape index (κ1) is 24.5. The van der Waals surface area contributed by atoms with E-state index in [1.165, 1.54) is 0 Å². The Morgan fingerprint density at radius 3 is 2.72 bits per heavy atom. The number of benzene rings is 1. The molecule has 32 heavy (non-hydrogen) atoms. The summed E-state index contributed by atoms with van der Waals surface area (Å²) in [6.07, 6.45) is -3.32. The van der Waals surface area contributed by atoms with Crippen LogP contribution in [0.4, 0.5) is 13.2 Å². The number of aromatic hydroxyl groups is 1. The number of aromatic amines is 1. The fraction of sp³-hybridized carbons (Fsp3) is 0.522. The summed E-state index contributed by atoms with van der Waals surface area (Å²) in [6.45, 7) is 5.94. The zero-order valence-corrected chi connectivity index (χ0v) is 18.9. The van der Waals surface area contributed by atoms with E-state index < -0.39 is 28.8 Å². The molecule has 0 amide bonds. The Kier molecular flexibility index (Phi) is 6.86. The molecule has 0 bridgehead atoms. The maximum absolute atomic E-state index is 14.0. The molecule has 2 heterocycles. The monoisotopic (exact) mass is 472 g/mol. The zero-order chi connectivity index (χ0) is 22.4. The number of phenolic OH excluding ortho intramolecular Hbond substituents is 1. The quantitative estimate of drug-likeness (QED) is 0.632. The van der Waals surface area contributed by atoms with Crippen molar-refractivity contribution in [3.05, 3.63) is 52.3 Å².